The van der Waals surface area contributed by atoms with Crippen LogP contribution in [-0.4, -0.2) is 15.5 Å². The van der Waals surface area contributed by atoms with Gasteiger partial charge in [-0.05, 0) is 42.5 Å². The predicted octanol–water partition coefficient (Wildman–Crippen LogP) is 3.62. The first kappa shape index (κ1) is 15.4. The molecule has 4 atom stereocenters. The maximum absolute atomic E-state index is 12.9. The number of aromatic nitrogens is 2. The summed E-state index contributed by atoms with van der Waals surface area (Å²) in [4.78, 5) is 17.1. The van der Waals surface area contributed by atoms with E-state index in [0.717, 1.165) is 25.0 Å². The third kappa shape index (κ3) is 2.64. The number of aryl methyl sites for hydroxylation is 1. The van der Waals surface area contributed by atoms with Crippen LogP contribution in [-0.2, 0) is 11.2 Å². The van der Waals surface area contributed by atoms with Gasteiger partial charge in [0.05, 0.1) is 24.7 Å². The molecule has 2 heterocycles. The van der Waals surface area contributed by atoms with Crippen LogP contribution in [0.5, 0.6) is 0 Å². The van der Waals surface area contributed by atoms with Crippen molar-refractivity contribution in [3.63, 3.8) is 0 Å². The highest BCUT2D eigenvalue weighted by Gasteiger charge is 2.47. The molecule has 0 bridgehead atoms. The second-order valence-electron chi connectivity index (χ2n) is 7.27. The second kappa shape index (κ2) is 6.16. The van der Waals surface area contributed by atoms with Gasteiger partial charge in [-0.2, -0.15) is 0 Å². The van der Waals surface area contributed by atoms with Crippen LogP contribution >= 0.6 is 0 Å². The molecule has 0 saturated heterocycles. The lowest BCUT2D eigenvalue weighted by Crippen LogP contribution is -2.38. The van der Waals surface area contributed by atoms with Crippen LogP contribution in [0.3, 0.4) is 0 Å². The third-order valence-corrected chi connectivity index (χ3v) is 5.73. The smallest absolute Gasteiger partial charge is 0.224 e. The molecule has 0 spiro atoms. The van der Waals surface area contributed by atoms with E-state index in [9.17, 15) is 4.79 Å². The number of nitrogens with zero attached hydrogens (tertiary/aromatic N) is 2. The zero-order chi connectivity index (χ0) is 17.5. The van der Waals surface area contributed by atoms with Gasteiger partial charge in [0.25, 0.3) is 0 Å². The van der Waals surface area contributed by atoms with Crippen molar-refractivity contribution in [3.8, 4) is 0 Å². The van der Waals surface area contributed by atoms with Gasteiger partial charge in [0, 0.05) is 24.2 Å². The van der Waals surface area contributed by atoms with Crippen molar-refractivity contribution in [2.45, 2.75) is 37.3 Å². The zero-order valence-electron chi connectivity index (χ0n) is 14.4. The van der Waals surface area contributed by atoms with Crippen LogP contribution in [0.1, 0.15) is 47.7 Å². The van der Waals surface area contributed by atoms with E-state index in [1.165, 1.54) is 11.1 Å². The molecule has 0 aliphatic heterocycles. The summed E-state index contributed by atoms with van der Waals surface area (Å²) < 4.78 is 7.59. The van der Waals surface area contributed by atoms with Gasteiger partial charge in [0.1, 0.15) is 5.76 Å². The van der Waals surface area contributed by atoms with Crippen molar-refractivity contribution in [1.82, 2.24) is 14.9 Å². The Morgan fingerprint density at radius 1 is 1.23 bits per heavy atom. The van der Waals surface area contributed by atoms with Gasteiger partial charge in [-0.15, -0.1) is 0 Å². The highest BCUT2D eigenvalue weighted by molar-refractivity contribution is 5.83. The number of amides is 1. The molecule has 4 unspecified atom stereocenters. The fourth-order valence-corrected chi connectivity index (χ4v) is 4.27. The van der Waals surface area contributed by atoms with Crippen molar-refractivity contribution in [1.29, 1.82) is 0 Å². The Labute approximate surface area is 152 Å². The van der Waals surface area contributed by atoms with E-state index in [0.29, 0.717) is 0 Å². The Morgan fingerprint density at radius 2 is 2.15 bits per heavy atom. The molecule has 5 rings (SSSR count). The molecule has 1 fully saturated rings. The van der Waals surface area contributed by atoms with Gasteiger partial charge in [-0.3, -0.25) is 4.79 Å². The summed E-state index contributed by atoms with van der Waals surface area (Å²) >= 11 is 0. The lowest BCUT2D eigenvalue weighted by atomic mass is 9.83. The zero-order valence-corrected chi connectivity index (χ0v) is 14.4. The number of benzene rings is 1. The summed E-state index contributed by atoms with van der Waals surface area (Å²) in [5.74, 6) is 1.27. The van der Waals surface area contributed by atoms with Gasteiger partial charge in [0.2, 0.25) is 5.91 Å². The Morgan fingerprint density at radius 3 is 2.96 bits per heavy atom. The van der Waals surface area contributed by atoms with E-state index in [2.05, 4.69) is 39.1 Å². The molecule has 26 heavy (non-hydrogen) atoms. The van der Waals surface area contributed by atoms with Gasteiger partial charge < -0.3 is 14.3 Å². The molecule has 1 amide bonds. The average Bonchev–Trinajstić information content (AvgIpc) is 3.07. The van der Waals surface area contributed by atoms with E-state index in [1.54, 1.807) is 12.5 Å². The Bertz CT molecular complexity index is 901. The van der Waals surface area contributed by atoms with Gasteiger partial charge >= 0.3 is 0 Å². The molecule has 3 aromatic rings. The molecule has 2 aromatic heterocycles. The Balaban J connectivity index is 1.40. The summed E-state index contributed by atoms with van der Waals surface area (Å²) in [5, 5.41) is 3.34. The predicted molar refractivity (Wildman–Crippen MR) is 96.5 cm³/mol. The van der Waals surface area contributed by atoms with Crippen molar-refractivity contribution in [3.05, 3.63) is 78.3 Å². The average molecular weight is 347 g/mol. The van der Waals surface area contributed by atoms with E-state index in [-0.39, 0.29) is 29.8 Å². The molecule has 132 valence electrons. The highest BCUT2D eigenvalue weighted by atomic mass is 16.3. The minimum atomic E-state index is -0.0282. The molecular formula is C21H21N3O2. The van der Waals surface area contributed by atoms with E-state index in [4.69, 9.17) is 4.42 Å². The lowest BCUT2D eigenvalue weighted by molar-refractivity contribution is -0.123. The SMILES string of the molecule is O=C(NC1c2ccccc2CCC1n1ccnc1)C1CC1c1ccco1. The first-order valence-corrected chi connectivity index (χ1v) is 9.20. The fraction of sp³-hybridized carbons (Fsp3) is 0.333. The number of fused-ring (bicyclic) bond motifs is 1. The van der Waals surface area contributed by atoms with Crippen LogP contribution < -0.4 is 5.32 Å². The summed E-state index contributed by atoms with van der Waals surface area (Å²) in [7, 11) is 0. The third-order valence-electron chi connectivity index (χ3n) is 5.73. The molecule has 1 N–H and O–H groups in total. The second-order valence-corrected chi connectivity index (χ2v) is 7.27. The largest absolute Gasteiger partial charge is 0.469 e. The first-order chi connectivity index (χ1) is 12.8. The molecule has 2 aliphatic carbocycles. The quantitative estimate of drug-likeness (QED) is 0.784. The van der Waals surface area contributed by atoms with Crippen molar-refractivity contribution in [2.75, 3.05) is 0 Å². The van der Waals surface area contributed by atoms with Gasteiger partial charge in [-0.1, -0.05) is 24.3 Å². The highest BCUT2D eigenvalue weighted by Crippen LogP contribution is 2.48. The number of furan rings is 1. The molecule has 2 aliphatic rings. The molecular weight excluding hydrogens is 326 g/mol. The Kier molecular flexibility index (Phi) is 3.66. The minimum Gasteiger partial charge on any atom is -0.469 e. The van der Waals surface area contributed by atoms with Crippen LogP contribution in [0, 0.1) is 5.92 Å². The van der Waals surface area contributed by atoms with E-state index >= 15 is 0 Å². The van der Waals surface area contributed by atoms with E-state index in [1.807, 2.05) is 24.7 Å². The Hall–Kier alpha value is -2.82. The molecule has 0 radical (unpaired) electrons. The topological polar surface area (TPSA) is 60.1 Å². The molecule has 1 saturated carbocycles. The fourth-order valence-electron chi connectivity index (χ4n) is 4.27. The lowest BCUT2D eigenvalue weighted by Gasteiger charge is -2.35. The van der Waals surface area contributed by atoms with Crippen LogP contribution in [0.2, 0.25) is 0 Å². The summed E-state index contributed by atoms with van der Waals surface area (Å²) in [5.41, 5.74) is 2.55. The maximum Gasteiger partial charge on any atom is 0.224 e. The van der Waals surface area contributed by atoms with Crippen LogP contribution in [0.4, 0.5) is 0 Å². The number of imidazole rings is 1. The molecule has 5 nitrogen and oxygen atoms in total. The first-order valence-electron chi connectivity index (χ1n) is 9.20. The number of nitrogens with one attached hydrogen (secondary N) is 1. The summed E-state index contributed by atoms with van der Waals surface area (Å²) in [6.45, 7) is 0. The number of carbonyl (C=O) groups is 1. The summed E-state index contributed by atoms with van der Waals surface area (Å²) in [6, 6.07) is 12.4. The molecule has 1 aromatic carbocycles. The summed E-state index contributed by atoms with van der Waals surface area (Å²) in [6.07, 6.45) is 10.2. The van der Waals surface area contributed by atoms with Gasteiger partial charge in [-0.25, -0.2) is 4.98 Å². The van der Waals surface area contributed by atoms with Crippen molar-refractivity contribution < 1.29 is 9.21 Å². The maximum atomic E-state index is 12.9. The van der Waals surface area contributed by atoms with E-state index < -0.39 is 0 Å². The number of carbonyl (C=O) groups excluding carboxylic acids is 1. The van der Waals surface area contributed by atoms with Gasteiger partial charge in [0.15, 0.2) is 0 Å². The standard InChI is InChI=1S/C21H21N3O2/c25-21(17-12-16(17)19-6-3-11-26-19)23-20-15-5-2-1-4-14(15)7-8-18(20)24-10-9-22-13-24/h1-6,9-11,13,16-18,20H,7-8,12H2,(H,23,25). The minimum absolute atomic E-state index is 0.0127. The van der Waals surface area contributed by atoms with Crippen LogP contribution in [0.15, 0.2) is 65.8 Å². The van der Waals surface area contributed by atoms with Crippen molar-refractivity contribution >= 4 is 5.91 Å². The van der Waals surface area contributed by atoms with Crippen molar-refractivity contribution in [2.24, 2.45) is 5.92 Å². The number of hydrogen-bond donors (Lipinski definition) is 1. The van der Waals surface area contributed by atoms with Crippen LogP contribution in [0.25, 0.3) is 0 Å². The normalized spacial score (nSPS) is 26.9. The molecule has 5 heteroatoms. The number of hydrogen-bond acceptors (Lipinski definition) is 3. The monoisotopic (exact) mass is 347 g/mol. The number of rotatable bonds is 4.